The van der Waals surface area contributed by atoms with Gasteiger partial charge in [-0.1, -0.05) is 17.7 Å². The molecular formula is C13H15ClN4O2S. The molecule has 2 N–H and O–H groups in total. The number of sulfonamides is 1. The van der Waals surface area contributed by atoms with Gasteiger partial charge >= 0.3 is 0 Å². The summed E-state index contributed by atoms with van der Waals surface area (Å²) in [4.78, 5) is 0. The number of nitrogens with one attached hydrogen (secondary N) is 2. The summed E-state index contributed by atoms with van der Waals surface area (Å²) < 4.78 is 24.4. The van der Waals surface area contributed by atoms with E-state index in [1.807, 2.05) is 26.0 Å². The van der Waals surface area contributed by atoms with Crippen molar-refractivity contribution in [1.29, 1.82) is 0 Å². The Morgan fingerprint density at radius 2 is 1.71 bits per heavy atom. The molecule has 0 atom stereocenters. The van der Waals surface area contributed by atoms with Crippen LogP contribution in [0.15, 0.2) is 24.3 Å². The highest BCUT2D eigenvalue weighted by Gasteiger charge is 2.08. The first-order valence-corrected chi connectivity index (χ1v) is 8.37. The molecule has 112 valence electrons. The molecule has 0 saturated carbocycles. The third kappa shape index (κ3) is 4.30. The molecule has 0 aliphatic rings. The third-order valence-corrected chi connectivity index (χ3v) is 3.52. The highest BCUT2D eigenvalue weighted by Crippen LogP contribution is 2.29. The van der Waals surface area contributed by atoms with Crippen molar-refractivity contribution in [1.82, 2.24) is 10.2 Å². The second-order valence-corrected chi connectivity index (χ2v) is 6.90. The van der Waals surface area contributed by atoms with Crippen LogP contribution in [0.25, 0.3) is 0 Å². The molecule has 6 nitrogen and oxygen atoms in total. The van der Waals surface area contributed by atoms with Gasteiger partial charge in [0.1, 0.15) is 0 Å². The largest absolute Gasteiger partial charge is 0.337 e. The summed E-state index contributed by atoms with van der Waals surface area (Å²) in [6, 6.07) is 7.00. The Hall–Kier alpha value is -1.86. The third-order valence-electron chi connectivity index (χ3n) is 2.64. The number of nitrogens with zero attached hydrogens (tertiary/aromatic N) is 2. The van der Waals surface area contributed by atoms with Crippen molar-refractivity contribution in [2.75, 3.05) is 16.3 Å². The van der Waals surface area contributed by atoms with Gasteiger partial charge in [0.05, 0.1) is 17.0 Å². The number of anilines is 3. The average molecular weight is 327 g/mol. The Bertz CT molecular complexity index is 737. The molecule has 8 heteroatoms. The van der Waals surface area contributed by atoms with Gasteiger partial charge in [-0.2, -0.15) is 0 Å². The van der Waals surface area contributed by atoms with Gasteiger partial charge in [0, 0.05) is 0 Å². The van der Waals surface area contributed by atoms with Crippen LogP contribution in [0.2, 0.25) is 5.02 Å². The van der Waals surface area contributed by atoms with Crippen LogP contribution >= 0.6 is 11.6 Å². The summed E-state index contributed by atoms with van der Waals surface area (Å²) in [5.41, 5.74) is 2.81. The molecule has 21 heavy (non-hydrogen) atoms. The second-order valence-electron chi connectivity index (χ2n) is 4.74. The van der Waals surface area contributed by atoms with Crippen molar-refractivity contribution in [3.63, 3.8) is 0 Å². The standard InChI is InChI=1S/C13H15ClN4O2S/c1-8-6-9(2)13(10(14)7-8)15-11-4-5-12(17-16-11)18-21(3,19)20/h4-7H,1-3H3,(H,15,16)(H,17,18). The van der Waals surface area contributed by atoms with Gasteiger partial charge in [0.15, 0.2) is 11.6 Å². The Kier molecular flexibility index (Phi) is 4.34. The van der Waals surface area contributed by atoms with Gasteiger partial charge in [0.2, 0.25) is 10.0 Å². The maximum atomic E-state index is 11.1. The van der Waals surface area contributed by atoms with Crippen LogP contribution in [0.3, 0.4) is 0 Å². The van der Waals surface area contributed by atoms with Crippen LogP contribution in [0, 0.1) is 13.8 Å². The van der Waals surface area contributed by atoms with E-state index in [1.54, 1.807) is 6.07 Å². The number of halogens is 1. The van der Waals surface area contributed by atoms with Crippen LogP contribution in [0.1, 0.15) is 11.1 Å². The lowest BCUT2D eigenvalue weighted by molar-refractivity contribution is 0.606. The zero-order chi connectivity index (χ0) is 15.6. The van der Waals surface area contributed by atoms with E-state index in [0.29, 0.717) is 10.8 Å². The summed E-state index contributed by atoms with van der Waals surface area (Å²) in [7, 11) is -3.36. The number of hydrogen-bond acceptors (Lipinski definition) is 5. The van der Waals surface area contributed by atoms with Gasteiger partial charge in [-0.05, 0) is 43.2 Å². The monoisotopic (exact) mass is 326 g/mol. The van der Waals surface area contributed by atoms with Crippen molar-refractivity contribution in [2.45, 2.75) is 13.8 Å². The van der Waals surface area contributed by atoms with E-state index in [-0.39, 0.29) is 5.82 Å². The minimum atomic E-state index is -3.36. The molecule has 0 saturated heterocycles. The van der Waals surface area contributed by atoms with Gasteiger partial charge < -0.3 is 5.32 Å². The minimum absolute atomic E-state index is 0.162. The molecule has 0 unspecified atom stereocenters. The lowest BCUT2D eigenvalue weighted by Gasteiger charge is -2.12. The van der Waals surface area contributed by atoms with E-state index < -0.39 is 10.0 Å². The first kappa shape index (κ1) is 15.5. The van der Waals surface area contributed by atoms with Crippen molar-refractivity contribution >= 4 is 38.9 Å². The smallest absolute Gasteiger partial charge is 0.231 e. The molecule has 1 aromatic carbocycles. The molecule has 0 amide bonds. The predicted octanol–water partition coefficient (Wildman–Crippen LogP) is 2.86. The van der Waals surface area contributed by atoms with Gasteiger partial charge in [-0.25, -0.2) is 8.42 Å². The average Bonchev–Trinajstić information content (AvgIpc) is 2.34. The van der Waals surface area contributed by atoms with E-state index in [0.717, 1.165) is 23.1 Å². The first-order valence-electron chi connectivity index (χ1n) is 6.10. The summed E-state index contributed by atoms with van der Waals surface area (Å²) in [5.74, 6) is 0.637. The quantitative estimate of drug-likeness (QED) is 0.902. The molecule has 1 aromatic heterocycles. The molecular weight excluding hydrogens is 312 g/mol. The molecule has 0 aliphatic heterocycles. The normalized spacial score (nSPS) is 11.2. The number of benzene rings is 1. The van der Waals surface area contributed by atoms with Crippen molar-refractivity contribution in [2.24, 2.45) is 0 Å². The van der Waals surface area contributed by atoms with E-state index in [9.17, 15) is 8.42 Å². The lowest BCUT2D eigenvalue weighted by Crippen LogP contribution is -2.11. The van der Waals surface area contributed by atoms with Gasteiger partial charge in [0.25, 0.3) is 0 Å². The number of hydrogen-bond donors (Lipinski definition) is 2. The summed E-state index contributed by atoms with van der Waals surface area (Å²) >= 11 is 6.20. The topological polar surface area (TPSA) is 84.0 Å². The number of aryl methyl sites for hydroxylation is 2. The number of rotatable bonds is 4. The zero-order valence-corrected chi connectivity index (χ0v) is 13.4. The minimum Gasteiger partial charge on any atom is -0.337 e. The first-order chi connectivity index (χ1) is 9.74. The summed E-state index contributed by atoms with van der Waals surface area (Å²) in [6.45, 7) is 3.91. The van der Waals surface area contributed by atoms with Crippen LogP contribution in [0.5, 0.6) is 0 Å². The van der Waals surface area contributed by atoms with Gasteiger partial charge in [-0.3, -0.25) is 4.72 Å². The fourth-order valence-electron chi connectivity index (χ4n) is 1.85. The fraction of sp³-hybridized carbons (Fsp3) is 0.231. The SMILES string of the molecule is Cc1cc(C)c(Nc2ccc(NS(C)(=O)=O)nn2)c(Cl)c1. The maximum absolute atomic E-state index is 11.1. The van der Waals surface area contributed by atoms with Crippen LogP contribution < -0.4 is 10.0 Å². The molecule has 0 aliphatic carbocycles. The summed E-state index contributed by atoms with van der Waals surface area (Å²) in [6.07, 6.45) is 1.05. The molecule has 0 fully saturated rings. The molecule has 0 bridgehead atoms. The van der Waals surface area contributed by atoms with Crippen molar-refractivity contribution < 1.29 is 8.42 Å². The molecule has 1 heterocycles. The lowest BCUT2D eigenvalue weighted by atomic mass is 10.1. The number of aromatic nitrogens is 2. The Morgan fingerprint density at radius 1 is 1.10 bits per heavy atom. The summed E-state index contributed by atoms with van der Waals surface area (Å²) in [5, 5.41) is 11.4. The highest BCUT2D eigenvalue weighted by molar-refractivity contribution is 7.92. The molecule has 2 rings (SSSR count). The predicted molar refractivity (Wildman–Crippen MR) is 84.7 cm³/mol. The fourth-order valence-corrected chi connectivity index (χ4v) is 2.70. The van der Waals surface area contributed by atoms with E-state index >= 15 is 0 Å². The van der Waals surface area contributed by atoms with E-state index in [2.05, 4.69) is 20.2 Å². The second kappa shape index (κ2) is 5.87. The van der Waals surface area contributed by atoms with Crippen LogP contribution in [-0.4, -0.2) is 24.9 Å². The highest BCUT2D eigenvalue weighted by atomic mass is 35.5. The molecule has 2 aromatic rings. The van der Waals surface area contributed by atoms with Crippen molar-refractivity contribution in [3.8, 4) is 0 Å². The van der Waals surface area contributed by atoms with Gasteiger partial charge in [-0.15, -0.1) is 10.2 Å². The van der Waals surface area contributed by atoms with Crippen molar-refractivity contribution in [3.05, 3.63) is 40.4 Å². The Balaban J connectivity index is 2.21. The Morgan fingerprint density at radius 3 is 2.24 bits per heavy atom. The van der Waals surface area contributed by atoms with Crippen LogP contribution in [-0.2, 0) is 10.0 Å². The van der Waals surface area contributed by atoms with E-state index in [1.165, 1.54) is 6.07 Å². The Labute approximate surface area is 128 Å². The molecule has 0 spiro atoms. The van der Waals surface area contributed by atoms with Crippen LogP contribution in [0.4, 0.5) is 17.3 Å². The zero-order valence-electron chi connectivity index (χ0n) is 11.8. The van der Waals surface area contributed by atoms with E-state index in [4.69, 9.17) is 11.6 Å². The maximum Gasteiger partial charge on any atom is 0.231 e. The molecule has 0 radical (unpaired) electrons.